The first-order valence-electron chi connectivity index (χ1n) is 9.58. The smallest absolute Gasteiger partial charge is 0.232 e. The molecule has 1 aliphatic heterocycles. The minimum absolute atomic E-state index is 0.0500. The van der Waals surface area contributed by atoms with Gasteiger partial charge in [0.05, 0.1) is 20.1 Å². The van der Waals surface area contributed by atoms with E-state index in [9.17, 15) is 4.79 Å². The lowest BCUT2D eigenvalue weighted by Gasteiger charge is -2.18. The van der Waals surface area contributed by atoms with Crippen molar-refractivity contribution in [1.82, 2.24) is 15.0 Å². The summed E-state index contributed by atoms with van der Waals surface area (Å²) in [6.07, 6.45) is 2.38. The molecule has 2 heterocycles. The number of hydrogen-bond donors (Lipinski definition) is 0. The molecule has 1 amide bonds. The molecule has 0 aliphatic carbocycles. The van der Waals surface area contributed by atoms with Crippen molar-refractivity contribution in [1.29, 1.82) is 0 Å². The minimum atomic E-state index is -0.124. The molecule has 4 rings (SSSR count). The maximum Gasteiger partial charge on any atom is 0.232 e. The van der Waals surface area contributed by atoms with E-state index in [1.54, 1.807) is 30.9 Å². The molecule has 1 aromatic heterocycles. The molecule has 2 aromatic carbocycles. The zero-order valence-corrected chi connectivity index (χ0v) is 17.9. The van der Waals surface area contributed by atoms with Gasteiger partial charge in [0, 0.05) is 35.5 Å². The van der Waals surface area contributed by atoms with Gasteiger partial charge in [-0.05, 0) is 48.7 Å². The molecular formula is C22H23N3O4S. The van der Waals surface area contributed by atoms with Crippen molar-refractivity contribution in [3.05, 3.63) is 53.9 Å². The number of nitrogens with zero attached hydrogens (tertiary/aromatic N) is 3. The Bertz CT molecular complexity index is 1040. The molecule has 0 spiro atoms. The van der Waals surface area contributed by atoms with Gasteiger partial charge in [-0.25, -0.2) is 0 Å². The van der Waals surface area contributed by atoms with Crippen LogP contribution in [0.4, 0.5) is 0 Å². The van der Waals surface area contributed by atoms with Gasteiger partial charge in [0.25, 0.3) is 0 Å². The number of hydrogen-bond acceptors (Lipinski definition) is 7. The van der Waals surface area contributed by atoms with Crippen LogP contribution in [-0.2, 0) is 11.3 Å². The first-order valence-corrected chi connectivity index (χ1v) is 10.8. The van der Waals surface area contributed by atoms with Crippen molar-refractivity contribution in [2.45, 2.75) is 23.8 Å². The van der Waals surface area contributed by atoms with E-state index in [0.717, 1.165) is 22.6 Å². The third-order valence-corrected chi connectivity index (χ3v) is 5.95. The summed E-state index contributed by atoms with van der Waals surface area (Å²) in [6, 6.07) is 13.6. The van der Waals surface area contributed by atoms with Crippen LogP contribution >= 0.6 is 11.8 Å². The zero-order chi connectivity index (χ0) is 21.1. The Morgan fingerprint density at radius 1 is 1.17 bits per heavy atom. The number of amides is 1. The number of ether oxygens (including phenoxy) is 2. The van der Waals surface area contributed by atoms with Gasteiger partial charge in [-0.3, -0.25) is 4.79 Å². The van der Waals surface area contributed by atoms with Crippen molar-refractivity contribution < 1.29 is 18.8 Å². The first-order chi connectivity index (χ1) is 14.6. The quantitative estimate of drug-likeness (QED) is 0.530. The number of likely N-dealkylation sites (tertiary alicyclic amines) is 1. The van der Waals surface area contributed by atoms with Crippen molar-refractivity contribution in [3.8, 4) is 22.9 Å². The number of carbonyl (C=O) groups excluding carboxylic acids is 1. The van der Waals surface area contributed by atoms with E-state index >= 15 is 0 Å². The Labute approximate surface area is 179 Å². The van der Waals surface area contributed by atoms with Crippen LogP contribution in [-0.4, -0.2) is 48.0 Å². The van der Waals surface area contributed by atoms with Crippen molar-refractivity contribution >= 4 is 17.7 Å². The van der Waals surface area contributed by atoms with Crippen molar-refractivity contribution in [2.75, 3.05) is 27.0 Å². The number of benzene rings is 2. The molecular weight excluding hydrogens is 402 g/mol. The summed E-state index contributed by atoms with van der Waals surface area (Å²) in [7, 11) is 3.23. The molecule has 1 fully saturated rings. The lowest BCUT2D eigenvalue weighted by Crippen LogP contribution is -2.24. The lowest BCUT2D eigenvalue weighted by atomic mass is 10.1. The van der Waals surface area contributed by atoms with E-state index in [1.807, 2.05) is 48.7 Å². The van der Waals surface area contributed by atoms with Gasteiger partial charge in [-0.2, -0.15) is 4.98 Å². The zero-order valence-electron chi connectivity index (χ0n) is 17.1. The van der Waals surface area contributed by atoms with E-state index < -0.39 is 0 Å². The number of carbonyl (C=O) groups is 1. The van der Waals surface area contributed by atoms with Crippen LogP contribution in [0, 0.1) is 0 Å². The fourth-order valence-corrected chi connectivity index (χ4v) is 3.97. The summed E-state index contributed by atoms with van der Waals surface area (Å²) in [5.41, 5.74) is 1.79. The third kappa shape index (κ3) is 4.14. The normalized spacial score (nSPS) is 16.2. The van der Waals surface area contributed by atoms with Crippen LogP contribution in [0.25, 0.3) is 11.4 Å². The van der Waals surface area contributed by atoms with Crippen LogP contribution in [0.5, 0.6) is 11.5 Å². The molecule has 3 aromatic rings. The largest absolute Gasteiger partial charge is 0.497 e. The second-order valence-electron chi connectivity index (χ2n) is 7.04. The monoisotopic (exact) mass is 425 g/mol. The molecule has 0 N–H and O–H groups in total. The maximum atomic E-state index is 12.6. The van der Waals surface area contributed by atoms with Crippen LogP contribution in [0.15, 0.2) is 51.9 Å². The SMILES string of the molecule is COc1ccc(OC)c(CN2CC(c3nc(-c4ccc(SC)cc4)no3)CC2=O)c1. The highest BCUT2D eigenvalue weighted by Crippen LogP contribution is 2.32. The molecule has 1 unspecified atom stereocenters. The van der Waals surface area contributed by atoms with Gasteiger partial charge in [-0.1, -0.05) is 5.16 Å². The van der Waals surface area contributed by atoms with Gasteiger partial charge in [0.1, 0.15) is 11.5 Å². The second kappa shape index (κ2) is 8.79. The maximum absolute atomic E-state index is 12.6. The predicted octanol–water partition coefficient (Wildman–Crippen LogP) is 3.99. The van der Waals surface area contributed by atoms with Gasteiger partial charge >= 0.3 is 0 Å². The van der Waals surface area contributed by atoms with Crippen molar-refractivity contribution in [3.63, 3.8) is 0 Å². The van der Waals surface area contributed by atoms with Crippen molar-refractivity contribution in [2.24, 2.45) is 0 Å². The third-order valence-electron chi connectivity index (χ3n) is 5.20. The molecule has 30 heavy (non-hydrogen) atoms. The van der Waals surface area contributed by atoms with E-state index in [0.29, 0.717) is 31.2 Å². The van der Waals surface area contributed by atoms with Gasteiger partial charge in [0.2, 0.25) is 17.6 Å². The van der Waals surface area contributed by atoms with E-state index in [4.69, 9.17) is 14.0 Å². The van der Waals surface area contributed by atoms with E-state index in [-0.39, 0.29) is 11.8 Å². The Hall–Kier alpha value is -3.00. The van der Waals surface area contributed by atoms with E-state index in [2.05, 4.69) is 10.1 Å². The Balaban J connectivity index is 1.48. The molecule has 0 bridgehead atoms. The van der Waals surface area contributed by atoms with Crippen LogP contribution in [0.2, 0.25) is 0 Å². The van der Waals surface area contributed by atoms with Gasteiger partial charge in [0.15, 0.2) is 0 Å². The highest BCUT2D eigenvalue weighted by molar-refractivity contribution is 7.98. The lowest BCUT2D eigenvalue weighted by molar-refractivity contribution is -0.128. The Morgan fingerprint density at radius 3 is 2.67 bits per heavy atom. The molecule has 7 nitrogen and oxygen atoms in total. The molecule has 8 heteroatoms. The van der Waals surface area contributed by atoms with Gasteiger partial charge in [-0.15, -0.1) is 11.8 Å². The minimum Gasteiger partial charge on any atom is -0.497 e. The number of thioether (sulfide) groups is 1. The summed E-state index contributed by atoms with van der Waals surface area (Å²) in [4.78, 5) is 20.1. The van der Waals surface area contributed by atoms with Crippen LogP contribution in [0.1, 0.15) is 23.8 Å². The Kier molecular flexibility index (Phi) is 5.94. The number of aromatic nitrogens is 2. The fraction of sp³-hybridized carbons (Fsp3) is 0.318. The second-order valence-corrected chi connectivity index (χ2v) is 7.92. The molecule has 0 radical (unpaired) electrons. The highest BCUT2D eigenvalue weighted by atomic mass is 32.2. The summed E-state index contributed by atoms with van der Waals surface area (Å²) < 4.78 is 16.2. The number of methoxy groups -OCH3 is 2. The number of rotatable bonds is 7. The molecule has 1 saturated heterocycles. The topological polar surface area (TPSA) is 77.7 Å². The highest BCUT2D eigenvalue weighted by Gasteiger charge is 2.34. The molecule has 0 saturated carbocycles. The van der Waals surface area contributed by atoms with E-state index in [1.165, 1.54) is 4.90 Å². The molecule has 1 aliphatic rings. The average molecular weight is 426 g/mol. The van der Waals surface area contributed by atoms with Crippen LogP contribution in [0.3, 0.4) is 0 Å². The summed E-state index contributed by atoms with van der Waals surface area (Å²) in [5.74, 6) is 2.41. The summed E-state index contributed by atoms with van der Waals surface area (Å²) in [6.45, 7) is 0.957. The first kappa shape index (κ1) is 20.3. The fourth-order valence-electron chi connectivity index (χ4n) is 3.56. The summed E-state index contributed by atoms with van der Waals surface area (Å²) in [5, 5.41) is 4.11. The van der Waals surface area contributed by atoms with Crippen LogP contribution < -0.4 is 9.47 Å². The molecule has 156 valence electrons. The Morgan fingerprint density at radius 2 is 1.97 bits per heavy atom. The standard InChI is InChI=1S/C22H23N3O4S/c1-27-17-6-9-19(28-2)15(10-17)12-25-13-16(11-20(25)26)22-23-21(24-29-22)14-4-7-18(30-3)8-5-14/h4-10,16H,11-13H2,1-3H3. The average Bonchev–Trinajstić information content (AvgIpc) is 3.41. The molecule has 1 atom stereocenters. The predicted molar refractivity (Wildman–Crippen MR) is 114 cm³/mol. The van der Waals surface area contributed by atoms with Gasteiger partial charge < -0.3 is 18.9 Å². The summed E-state index contributed by atoms with van der Waals surface area (Å²) >= 11 is 1.68.